The number of benzene rings is 1. The summed E-state index contributed by atoms with van der Waals surface area (Å²) in [5, 5.41) is 0. The quantitative estimate of drug-likeness (QED) is 0.498. The molecule has 0 radical (unpaired) electrons. The third-order valence-electron chi connectivity index (χ3n) is 5.45. The zero-order valence-electron chi connectivity index (χ0n) is 16.9. The van der Waals surface area contributed by atoms with Crippen molar-refractivity contribution < 1.29 is 9.53 Å². The van der Waals surface area contributed by atoms with Gasteiger partial charge in [0.2, 0.25) is 0 Å². The van der Waals surface area contributed by atoms with Crippen molar-refractivity contribution in [2.75, 3.05) is 6.61 Å². The summed E-state index contributed by atoms with van der Waals surface area (Å²) in [6.07, 6.45) is 6.50. The lowest BCUT2D eigenvalue weighted by atomic mass is 9.63. The number of hydrogen-bond donors (Lipinski definition) is 0. The molecule has 0 N–H and O–H groups in total. The number of hydrogen-bond acceptors (Lipinski definition) is 2. The number of carbonyl (C=O) groups excluding carboxylic acids is 1. The van der Waals surface area contributed by atoms with Crippen LogP contribution >= 0.6 is 0 Å². The molecule has 0 amide bonds. The Bertz CT molecular complexity index is 795. The molecule has 0 aliphatic heterocycles. The van der Waals surface area contributed by atoms with Crippen LogP contribution in [0.15, 0.2) is 47.6 Å². The van der Waals surface area contributed by atoms with Gasteiger partial charge in [-0.3, -0.25) is 0 Å². The highest BCUT2D eigenvalue weighted by Crippen LogP contribution is 2.48. The van der Waals surface area contributed by atoms with Gasteiger partial charge >= 0.3 is 5.97 Å². The standard InChI is InChI=1S/C24H30O2/c1-7-26-22(25)20-13-10-12-19(17-20)11-8-9-14-21-18(2)23(3,4)15-16-24(21,5)6/h9-10,12-14,17H,7,15-16H2,1-6H3. The molecule has 0 unspecified atom stereocenters. The molecule has 138 valence electrons. The molecule has 0 bridgehead atoms. The van der Waals surface area contributed by atoms with Crippen LogP contribution in [0.3, 0.4) is 0 Å². The van der Waals surface area contributed by atoms with Crippen LogP contribution in [0.1, 0.15) is 70.3 Å². The Morgan fingerprint density at radius 1 is 1.19 bits per heavy atom. The van der Waals surface area contributed by atoms with E-state index in [-0.39, 0.29) is 16.8 Å². The Hall–Kier alpha value is -2.27. The topological polar surface area (TPSA) is 26.3 Å². The lowest BCUT2D eigenvalue weighted by Gasteiger charge is -2.41. The van der Waals surface area contributed by atoms with Gasteiger partial charge in [0.1, 0.15) is 0 Å². The minimum absolute atomic E-state index is 0.182. The van der Waals surface area contributed by atoms with Gasteiger partial charge in [-0.25, -0.2) is 4.79 Å². The average molecular weight is 351 g/mol. The van der Waals surface area contributed by atoms with Crippen molar-refractivity contribution in [2.45, 2.75) is 54.4 Å². The molecule has 26 heavy (non-hydrogen) atoms. The monoisotopic (exact) mass is 350 g/mol. The summed E-state index contributed by atoms with van der Waals surface area (Å²) in [7, 11) is 0. The van der Waals surface area contributed by atoms with Crippen LogP contribution in [-0.4, -0.2) is 12.6 Å². The van der Waals surface area contributed by atoms with Crippen LogP contribution in [0, 0.1) is 22.7 Å². The SMILES string of the molecule is CCOC(=O)c1cccc(C#CC=CC2=C(C)C(C)(C)CCC2(C)C)c1. The van der Waals surface area contributed by atoms with E-state index in [9.17, 15) is 4.79 Å². The third kappa shape index (κ3) is 4.67. The van der Waals surface area contributed by atoms with Gasteiger partial charge in [0.15, 0.2) is 0 Å². The van der Waals surface area contributed by atoms with Gasteiger partial charge in [0.25, 0.3) is 0 Å². The van der Waals surface area contributed by atoms with E-state index in [4.69, 9.17) is 4.74 Å². The number of rotatable bonds is 3. The molecule has 2 rings (SSSR count). The van der Waals surface area contributed by atoms with Crippen molar-refractivity contribution in [2.24, 2.45) is 10.8 Å². The summed E-state index contributed by atoms with van der Waals surface area (Å²) < 4.78 is 5.03. The van der Waals surface area contributed by atoms with Gasteiger partial charge in [-0.2, -0.15) is 0 Å². The van der Waals surface area contributed by atoms with E-state index in [1.165, 1.54) is 24.0 Å². The summed E-state index contributed by atoms with van der Waals surface area (Å²) in [4.78, 5) is 11.8. The van der Waals surface area contributed by atoms with Gasteiger partial charge in [0, 0.05) is 5.56 Å². The smallest absolute Gasteiger partial charge is 0.338 e. The molecule has 0 fully saturated rings. The Kier molecular flexibility index (Phi) is 6.13. The van der Waals surface area contributed by atoms with E-state index in [1.54, 1.807) is 19.1 Å². The molecule has 2 heteroatoms. The van der Waals surface area contributed by atoms with E-state index in [0.717, 1.165) is 5.56 Å². The molecule has 1 aromatic rings. The van der Waals surface area contributed by atoms with Crippen LogP contribution in [0.25, 0.3) is 0 Å². The predicted octanol–water partition coefficient (Wildman–Crippen LogP) is 5.93. The molecule has 0 saturated heterocycles. The molecule has 2 nitrogen and oxygen atoms in total. The van der Waals surface area contributed by atoms with Gasteiger partial charge in [-0.15, -0.1) is 0 Å². The van der Waals surface area contributed by atoms with Crippen molar-refractivity contribution >= 4 is 5.97 Å². The summed E-state index contributed by atoms with van der Waals surface area (Å²) in [5.41, 5.74) is 4.63. The molecule has 0 heterocycles. The van der Waals surface area contributed by atoms with Crippen LogP contribution in [0.4, 0.5) is 0 Å². The van der Waals surface area contributed by atoms with Gasteiger partial charge in [0.05, 0.1) is 12.2 Å². The number of carbonyl (C=O) groups is 1. The molecular formula is C24H30O2. The normalized spacial score (nSPS) is 18.4. The van der Waals surface area contributed by atoms with Gasteiger partial charge < -0.3 is 4.74 Å². The number of allylic oxidation sites excluding steroid dienone is 4. The number of esters is 1. The minimum Gasteiger partial charge on any atom is -0.462 e. The second-order valence-corrected chi connectivity index (χ2v) is 8.21. The van der Waals surface area contributed by atoms with E-state index in [2.05, 4.69) is 52.5 Å². The largest absolute Gasteiger partial charge is 0.462 e. The molecule has 0 aromatic heterocycles. The Morgan fingerprint density at radius 2 is 1.88 bits per heavy atom. The fraction of sp³-hybridized carbons (Fsp3) is 0.458. The first-order valence-electron chi connectivity index (χ1n) is 9.34. The first kappa shape index (κ1) is 20.0. The maximum absolute atomic E-state index is 11.8. The van der Waals surface area contributed by atoms with Crippen molar-refractivity contribution in [1.82, 2.24) is 0 Å². The molecular weight excluding hydrogens is 320 g/mol. The lowest BCUT2D eigenvalue weighted by molar-refractivity contribution is 0.0526. The van der Waals surface area contributed by atoms with Crippen LogP contribution in [0.2, 0.25) is 0 Å². The first-order chi connectivity index (χ1) is 12.2. The van der Waals surface area contributed by atoms with E-state index in [1.807, 2.05) is 18.2 Å². The molecule has 0 atom stereocenters. The van der Waals surface area contributed by atoms with E-state index < -0.39 is 0 Å². The average Bonchev–Trinajstić information content (AvgIpc) is 2.59. The predicted molar refractivity (Wildman–Crippen MR) is 108 cm³/mol. The third-order valence-corrected chi connectivity index (χ3v) is 5.45. The van der Waals surface area contributed by atoms with Crippen molar-refractivity contribution in [3.63, 3.8) is 0 Å². The maximum Gasteiger partial charge on any atom is 0.338 e. The van der Waals surface area contributed by atoms with Crippen LogP contribution < -0.4 is 0 Å². The van der Waals surface area contributed by atoms with Crippen molar-refractivity contribution in [3.05, 3.63) is 58.7 Å². The van der Waals surface area contributed by atoms with Gasteiger partial charge in [-0.1, -0.05) is 57.3 Å². The first-order valence-corrected chi connectivity index (χ1v) is 9.34. The highest BCUT2D eigenvalue weighted by atomic mass is 16.5. The summed E-state index contributed by atoms with van der Waals surface area (Å²) in [6.45, 7) is 13.7. The molecule has 0 spiro atoms. The van der Waals surface area contributed by atoms with E-state index >= 15 is 0 Å². The Balaban J connectivity index is 2.22. The summed E-state index contributed by atoms with van der Waals surface area (Å²) in [5.74, 6) is 5.93. The fourth-order valence-corrected chi connectivity index (χ4v) is 3.36. The Morgan fingerprint density at radius 3 is 2.58 bits per heavy atom. The minimum atomic E-state index is -0.307. The molecule has 0 saturated carbocycles. The second-order valence-electron chi connectivity index (χ2n) is 8.21. The molecule has 1 aromatic carbocycles. The molecule has 1 aliphatic rings. The zero-order valence-corrected chi connectivity index (χ0v) is 16.9. The fourth-order valence-electron chi connectivity index (χ4n) is 3.36. The van der Waals surface area contributed by atoms with Gasteiger partial charge in [-0.05, 0) is 67.4 Å². The van der Waals surface area contributed by atoms with Crippen molar-refractivity contribution in [3.8, 4) is 11.8 Å². The maximum atomic E-state index is 11.8. The summed E-state index contributed by atoms with van der Waals surface area (Å²) in [6, 6.07) is 7.26. The van der Waals surface area contributed by atoms with Crippen LogP contribution in [0.5, 0.6) is 0 Å². The highest BCUT2D eigenvalue weighted by Gasteiger charge is 2.35. The van der Waals surface area contributed by atoms with Crippen LogP contribution in [-0.2, 0) is 4.74 Å². The lowest BCUT2D eigenvalue weighted by Crippen LogP contribution is -2.29. The zero-order chi connectivity index (χ0) is 19.4. The summed E-state index contributed by atoms with van der Waals surface area (Å²) >= 11 is 0. The Labute approximate surface area is 158 Å². The highest BCUT2D eigenvalue weighted by molar-refractivity contribution is 5.89. The van der Waals surface area contributed by atoms with Crippen molar-refractivity contribution in [1.29, 1.82) is 0 Å². The van der Waals surface area contributed by atoms with E-state index in [0.29, 0.717) is 12.2 Å². The number of ether oxygens (including phenoxy) is 1. The second kappa shape index (κ2) is 7.96. The molecule has 1 aliphatic carbocycles.